The van der Waals surface area contributed by atoms with Gasteiger partial charge in [0.05, 0.1) is 14.7 Å². The molecule has 0 unspecified atom stereocenters. The maximum atomic E-state index is 12.6. The summed E-state index contributed by atoms with van der Waals surface area (Å²) in [6.07, 6.45) is 0.460. The van der Waals surface area contributed by atoms with Crippen LogP contribution in [0.3, 0.4) is 0 Å². The minimum Gasteiger partial charge on any atom is -0.379 e. The quantitative estimate of drug-likeness (QED) is 0.409. The molecular weight excluding hydrogens is 432 g/mol. The van der Waals surface area contributed by atoms with Gasteiger partial charge in [-0.15, -0.1) is 0 Å². The molecule has 2 aromatic rings. The van der Waals surface area contributed by atoms with E-state index >= 15 is 0 Å². The highest BCUT2D eigenvalue weighted by Gasteiger charge is 2.25. The van der Waals surface area contributed by atoms with Crippen molar-refractivity contribution in [3.8, 4) is 0 Å². The fourth-order valence-corrected chi connectivity index (χ4v) is 4.87. The van der Waals surface area contributed by atoms with Crippen molar-refractivity contribution >= 4 is 31.4 Å². The van der Waals surface area contributed by atoms with Crippen molar-refractivity contribution in [1.29, 1.82) is 0 Å². The average molecular weight is 457 g/mol. The predicted octanol–water partition coefficient (Wildman–Crippen LogP) is 1.93. The molecule has 2 rings (SSSR count). The summed E-state index contributed by atoms with van der Waals surface area (Å²) < 4.78 is 49.0. The van der Waals surface area contributed by atoms with Gasteiger partial charge >= 0.3 is 0 Å². The fraction of sp³-hybridized carbons (Fsp3) is 0.333. The highest BCUT2D eigenvalue weighted by atomic mass is 32.2. The van der Waals surface area contributed by atoms with Crippen LogP contribution in [0.5, 0.6) is 0 Å². The number of nitro groups is 1. The molecule has 12 heteroatoms. The van der Waals surface area contributed by atoms with Crippen LogP contribution in [0.2, 0.25) is 0 Å². The number of anilines is 1. The Kier molecular flexibility index (Phi) is 7.53. The molecule has 0 aliphatic heterocycles. The molecule has 0 atom stereocenters. The number of nitrogens with two attached hydrogens (primary N) is 1. The van der Waals surface area contributed by atoms with Gasteiger partial charge in [0.2, 0.25) is 20.0 Å². The van der Waals surface area contributed by atoms with Crippen LogP contribution in [-0.2, 0) is 26.5 Å². The Labute approximate surface area is 176 Å². The maximum absolute atomic E-state index is 12.6. The second kappa shape index (κ2) is 9.51. The van der Waals surface area contributed by atoms with Gasteiger partial charge in [-0.2, -0.15) is 4.31 Å². The molecule has 0 saturated heterocycles. The Morgan fingerprint density at radius 2 is 1.57 bits per heavy atom. The Balaban J connectivity index is 2.17. The lowest BCUT2D eigenvalue weighted by atomic mass is 10.1. The third kappa shape index (κ3) is 5.53. The van der Waals surface area contributed by atoms with Gasteiger partial charge in [0.1, 0.15) is 5.69 Å². The molecule has 0 spiro atoms. The van der Waals surface area contributed by atoms with E-state index in [2.05, 4.69) is 5.32 Å². The minimum atomic E-state index is -3.81. The summed E-state index contributed by atoms with van der Waals surface area (Å²) in [6.45, 7) is 4.23. The van der Waals surface area contributed by atoms with E-state index in [0.717, 1.165) is 11.6 Å². The van der Waals surface area contributed by atoms with Gasteiger partial charge in [0.25, 0.3) is 5.69 Å². The van der Waals surface area contributed by atoms with E-state index in [-0.39, 0.29) is 34.3 Å². The molecule has 0 heterocycles. The molecule has 2 aromatic carbocycles. The normalized spacial score (nSPS) is 12.1. The highest BCUT2D eigenvalue weighted by molar-refractivity contribution is 7.89. The SMILES string of the molecule is CCN(CC)S(=O)(=O)c1ccc(NCCc2ccc(S(N)(=O)=O)cc2)c([N+](=O)[O-])c1. The second-order valence-electron chi connectivity index (χ2n) is 6.39. The number of primary sulfonamides is 1. The third-order valence-electron chi connectivity index (χ3n) is 4.49. The van der Waals surface area contributed by atoms with Gasteiger partial charge in [-0.25, -0.2) is 22.0 Å². The maximum Gasteiger partial charge on any atom is 0.293 e. The molecule has 10 nitrogen and oxygen atoms in total. The standard InChI is InChI=1S/C18H24N4O6S2/c1-3-21(4-2)30(27,28)16-9-10-17(18(13-16)22(23)24)20-12-11-14-5-7-15(8-6-14)29(19,25)26/h5-10,13,20H,3-4,11-12H2,1-2H3,(H2,19,25,26). The van der Waals surface area contributed by atoms with Crippen LogP contribution in [-0.4, -0.2) is 45.7 Å². The van der Waals surface area contributed by atoms with Crippen LogP contribution in [0.15, 0.2) is 52.3 Å². The van der Waals surface area contributed by atoms with Crippen molar-refractivity contribution in [1.82, 2.24) is 4.31 Å². The molecule has 0 radical (unpaired) electrons. The van der Waals surface area contributed by atoms with Crippen LogP contribution >= 0.6 is 0 Å². The van der Waals surface area contributed by atoms with Crippen molar-refractivity contribution in [2.45, 2.75) is 30.1 Å². The van der Waals surface area contributed by atoms with Crippen LogP contribution in [0.4, 0.5) is 11.4 Å². The molecule has 0 amide bonds. The molecule has 0 aliphatic carbocycles. The Morgan fingerprint density at radius 3 is 2.07 bits per heavy atom. The molecule has 0 bridgehead atoms. The van der Waals surface area contributed by atoms with E-state index < -0.39 is 25.0 Å². The zero-order valence-electron chi connectivity index (χ0n) is 16.6. The number of nitrogens with one attached hydrogen (secondary N) is 1. The zero-order chi connectivity index (χ0) is 22.5. The fourth-order valence-electron chi connectivity index (χ4n) is 2.87. The monoisotopic (exact) mass is 456 g/mol. The first-order valence-electron chi connectivity index (χ1n) is 9.15. The van der Waals surface area contributed by atoms with E-state index in [4.69, 9.17) is 5.14 Å². The first kappa shape index (κ1) is 23.7. The summed E-state index contributed by atoms with van der Waals surface area (Å²) in [7, 11) is -7.58. The molecule has 3 N–H and O–H groups in total. The lowest BCUT2D eigenvalue weighted by Gasteiger charge is -2.18. The van der Waals surface area contributed by atoms with E-state index in [0.29, 0.717) is 13.0 Å². The van der Waals surface area contributed by atoms with Crippen molar-refractivity contribution in [3.63, 3.8) is 0 Å². The second-order valence-corrected chi connectivity index (χ2v) is 9.89. The number of nitro benzene ring substituents is 1. The molecule has 0 saturated carbocycles. The Hall–Kier alpha value is -2.54. The minimum absolute atomic E-state index is 0.000141. The van der Waals surface area contributed by atoms with Crippen LogP contribution < -0.4 is 10.5 Å². The van der Waals surface area contributed by atoms with E-state index in [9.17, 15) is 26.9 Å². The summed E-state index contributed by atoms with van der Waals surface area (Å²) in [4.78, 5) is 10.7. The first-order chi connectivity index (χ1) is 14.0. The van der Waals surface area contributed by atoms with Crippen molar-refractivity contribution in [3.05, 3.63) is 58.1 Å². The summed E-state index contributed by atoms with van der Waals surface area (Å²) in [5.74, 6) is 0. The summed E-state index contributed by atoms with van der Waals surface area (Å²) >= 11 is 0. The van der Waals surface area contributed by atoms with Crippen LogP contribution in [0, 0.1) is 10.1 Å². The first-order valence-corrected chi connectivity index (χ1v) is 12.1. The predicted molar refractivity (Wildman–Crippen MR) is 113 cm³/mol. The van der Waals surface area contributed by atoms with Crippen LogP contribution in [0.1, 0.15) is 19.4 Å². The lowest BCUT2D eigenvalue weighted by Crippen LogP contribution is -2.30. The summed E-state index contributed by atoms with van der Waals surface area (Å²) in [6, 6.07) is 9.75. The van der Waals surface area contributed by atoms with Gasteiger partial charge in [-0.05, 0) is 36.2 Å². The molecular formula is C18H24N4O6S2. The average Bonchev–Trinajstić information content (AvgIpc) is 2.68. The lowest BCUT2D eigenvalue weighted by molar-refractivity contribution is -0.384. The molecule has 30 heavy (non-hydrogen) atoms. The van der Waals surface area contributed by atoms with Gasteiger partial charge in [-0.1, -0.05) is 26.0 Å². The Bertz CT molecular complexity index is 1110. The van der Waals surface area contributed by atoms with Crippen LogP contribution in [0.25, 0.3) is 0 Å². The zero-order valence-corrected chi connectivity index (χ0v) is 18.2. The highest BCUT2D eigenvalue weighted by Crippen LogP contribution is 2.29. The van der Waals surface area contributed by atoms with Crippen molar-refractivity contribution in [2.75, 3.05) is 25.0 Å². The Morgan fingerprint density at radius 1 is 1.00 bits per heavy atom. The van der Waals surface area contributed by atoms with E-state index in [1.165, 1.54) is 28.6 Å². The van der Waals surface area contributed by atoms with Gasteiger partial charge in [-0.3, -0.25) is 10.1 Å². The topological polar surface area (TPSA) is 153 Å². The number of sulfonamides is 2. The summed E-state index contributed by atoms with van der Waals surface area (Å²) in [5, 5.41) is 19.5. The van der Waals surface area contributed by atoms with Gasteiger partial charge < -0.3 is 5.32 Å². The number of benzene rings is 2. The number of hydrogen-bond acceptors (Lipinski definition) is 7. The van der Waals surface area contributed by atoms with E-state index in [1.807, 2.05) is 0 Å². The molecule has 0 aliphatic rings. The number of rotatable bonds is 10. The summed E-state index contributed by atoms with van der Waals surface area (Å²) in [5.41, 5.74) is 0.658. The van der Waals surface area contributed by atoms with E-state index in [1.54, 1.807) is 26.0 Å². The molecule has 0 aromatic heterocycles. The smallest absolute Gasteiger partial charge is 0.293 e. The number of hydrogen-bond donors (Lipinski definition) is 2. The van der Waals surface area contributed by atoms with Gasteiger partial charge in [0.15, 0.2) is 0 Å². The largest absolute Gasteiger partial charge is 0.379 e. The van der Waals surface area contributed by atoms with Crippen molar-refractivity contribution in [2.24, 2.45) is 5.14 Å². The van der Waals surface area contributed by atoms with Crippen molar-refractivity contribution < 1.29 is 21.8 Å². The number of nitrogens with zero attached hydrogens (tertiary/aromatic N) is 2. The molecule has 164 valence electrons. The molecule has 0 fully saturated rings. The van der Waals surface area contributed by atoms with Gasteiger partial charge in [0, 0.05) is 25.7 Å². The third-order valence-corrected chi connectivity index (χ3v) is 7.47.